The van der Waals surface area contributed by atoms with Gasteiger partial charge in [0.05, 0.1) is 0 Å². The molecule has 0 aliphatic heterocycles. The molecule has 0 aliphatic rings. The molecule has 0 fully saturated rings. The van der Waals surface area contributed by atoms with Crippen molar-refractivity contribution in [2.75, 3.05) is 6.54 Å². The maximum Gasteiger partial charge on any atom is 3.00 e. The molecule has 0 heterocycles. The van der Waals surface area contributed by atoms with Crippen LogP contribution in [0.25, 0.3) is 0 Å². The molecular formula is C5H10N3O2SY+2. The van der Waals surface area contributed by atoms with Gasteiger partial charge in [-0.1, -0.05) is 6.42 Å². The standard InChI is InChI=1S/C5H10N3O2S.Y/c1-4(7-5(6)11)2-3-8(9)10;/h2-3H2,1H3,(H3,6,7,11);/q-1;+3. The van der Waals surface area contributed by atoms with E-state index in [1.165, 1.54) is 0 Å². The summed E-state index contributed by atoms with van der Waals surface area (Å²) in [7, 11) is 0. The van der Waals surface area contributed by atoms with Gasteiger partial charge in [-0.2, -0.15) is 6.92 Å². The van der Waals surface area contributed by atoms with E-state index < -0.39 is 0 Å². The smallest absolute Gasteiger partial charge is 0.510 e. The van der Waals surface area contributed by atoms with Crippen LogP contribution in [0.4, 0.5) is 0 Å². The first-order valence-electron chi connectivity index (χ1n) is 3.03. The number of nitrogens with one attached hydrogen (secondary N) is 1. The summed E-state index contributed by atoms with van der Waals surface area (Å²) in [6, 6.07) is 0.717. The maximum atomic E-state index is 9.89. The van der Waals surface area contributed by atoms with Crippen molar-refractivity contribution in [3.05, 3.63) is 16.2 Å². The Morgan fingerprint density at radius 3 is 2.67 bits per heavy atom. The van der Waals surface area contributed by atoms with Crippen molar-refractivity contribution in [3.63, 3.8) is 0 Å². The van der Waals surface area contributed by atoms with Crippen molar-refractivity contribution < 1.29 is 37.6 Å². The van der Waals surface area contributed by atoms with Crippen LogP contribution >= 0.6 is 12.2 Å². The molecule has 5 nitrogen and oxygen atoms in total. The fourth-order valence-electron chi connectivity index (χ4n) is 0.532. The van der Waals surface area contributed by atoms with E-state index >= 15 is 0 Å². The Balaban J connectivity index is 0. The topological polar surface area (TPSA) is 81.2 Å². The number of nitrogens with two attached hydrogens (primary N) is 1. The number of nitro groups is 1. The third-order valence-corrected chi connectivity index (χ3v) is 1.11. The fourth-order valence-corrected chi connectivity index (χ4v) is 0.706. The van der Waals surface area contributed by atoms with Crippen LogP contribution < -0.4 is 11.1 Å². The van der Waals surface area contributed by atoms with Crippen molar-refractivity contribution in [1.82, 2.24) is 5.32 Å². The SMILES string of the molecule is C[C-](CC[N+](=O)[O-])NC(N)=S.[Y+3]. The summed E-state index contributed by atoms with van der Waals surface area (Å²) >= 11 is 4.53. The molecule has 0 atom stereocenters. The van der Waals surface area contributed by atoms with Gasteiger partial charge in [0.1, 0.15) is 5.11 Å². The molecule has 0 saturated carbocycles. The van der Waals surface area contributed by atoms with E-state index in [1.807, 2.05) is 0 Å². The Kier molecular flexibility index (Phi) is 9.59. The van der Waals surface area contributed by atoms with Crippen molar-refractivity contribution >= 4 is 17.3 Å². The van der Waals surface area contributed by atoms with Crippen LogP contribution in [-0.2, 0) is 32.7 Å². The third-order valence-electron chi connectivity index (χ3n) is 1.01. The maximum absolute atomic E-state index is 9.89. The van der Waals surface area contributed by atoms with Gasteiger partial charge in [-0.3, -0.25) is 10.1 Å². The Hall–Kier alpha value is 0.194. The first kappa shape index (κ1) is 14.7. The number of hydrogen-bond acceptors (Lipinski definition) is 3. The van der Waals surface area contributed by atoms with Crippen LogP contribution in [0.1, 0.15) is 13.3 Å². The minimum Gasteiger partial charge on any atom is -0.510 e. The third kappa shape index (κ3) is 10.2. The molecule has 0 amide bonds. The molecule has 0 aliphatic carbocycles. The van der Waals surface area contributed by atoms with Gasteiger partial charge in [0, 0.05) is 4.92 Å². The molecule has 0 spiro atoms. The summed E-state index contributed by atoms with van der Waals surface area (Å²) < 4.78 is 0. The Bertz CT molecular complexity index is 167. The van der Waals surface area contributed by atoms with E-state index in [1.54, 1.807) is 6.92 Å². The van der Waals surface area contributed by atoms with Gasteiger partial charge in [-0.15, -0.1) is 0 Å². The number of hydrogen-bond donors (Lipinski definition) is 2. The Labute approximate surface area is 101 Å². The number of nitrogens with zero attached hydrogens (tertiary/aromatic N) is 1. The Morgan fingerprint density at radius 1 is 1.83 bits per heavy atom. The molecule has 0 radical (unpaired) electrons. The summed E-state index contributed by atoms with van der Waals surface area (Å²) in [5, 5.41) is 12.7. The van der Waals surface area contributed by atoms with Crippen LogP contribution in [0.3, 0.4) is 0 Å². The van der Waals surface area contributed by atoms with E-state index in [0.717, 1.165) is 0 Å². The summed E-state index contributed by atoms with van der Waals surface area (Å²) in [4.78, 5) is 9.51. The molecule has 0 unspecified atom stereocenters. The van der Waals surface area contributed by atoms with Gasteiger partial charge in [0.2, 0.25) is 0 Å². The molecule has 0 aromatic carbocycles. The van der Waals surface area contributed by atoms with Crippen LogP contribution in [0, 0.1) is 16.2 Å². The molecule has 64 valence electrons. The van der Waals surface area contributed by atoms with Gasteiger partial charge >= 0.3 is 32.7 Å². The fraction of sp³-hybridized carbons (Fsp3) is 0.600. The summed E-state index contributed by atoms with van der Waals surface area (Å²) in [6.45, 7) is 1.62. The van der Waals surface area contributed by atoms with Gasteiger partial charge in [0.25, 0.3) is 0 Å². The van der Waals surface area contributed by atoms with E-state index in [9.17, 15) is 10.1 Å². The van der Waals surface area contributed by atoms with Crippen molar-refractivity contribution in [2.24, 2.45) is 5.73 Å². The second kappa shape index (κ2) is 7.82. The average Bonchev–Trinajstić information content (AvgIpc) is 1.82. The van der Waals surface area contributed by atoms with Crippen molar-refractivity contribution in [2.45, 2.75) is 13.3 Å². The van der Waals surface area contributed by atoms with Gasteiger partial charge in [0.15, 0.2) is 6.54 Å². The minimum atomic E-state index is -0.384. The summed E-state index contributed by atoms with van der Waals surface area (Å²) in [5.74, 6) is 0. The molecule has 3 N–H and O–H groups in total. The number of rotatable bonds is 4. The zero-order chi connectivity index (χ0) is 8.85. The zero-order valence-electron chi connectivity index (χ0n) is 6.74. The van der Waals surface area contributed by atoms with Crippen LogP contribution in [0.5, 0.6) is 0 Å². The van der Waals surface area contributed by atoms with Gasteiger partial charge in [-0.05, 0) is 12.2 Å². The van der Waals surface area contributed by atoms with Crippen LogP contribution in [-0.4, -0.2) is 16.6 Å². The second-order valence-electron chi connectivity index (χ2n) is 2.08. The molecular weight excluding hydrogens is 255 g/mol. The quantitative estimate of drug-likeness (QED) is 0.324. The van der Waals surface area contributed by atoms with Gasteiger partial charge in [-0.25, -0.2) is 6.04 Å². The first-order chi connectivity index (χ1) is 5.02. The van der Waals surface area contributed by atoms with Crippen LogP contribution in [0.15, 0.2) is 0 Å². The molecule has 7 heteroatoms. The van der Waals surface area contributed by atoms with Gasteiger partial charge < -0.3 is 11.1 Å². The molecule has 0 rings (SSSR count). The molecule has 0 aromatic rings. The predicted octanol–water partition coefficient (Wildman–Crippen LogP) is 0.0358. The molecule has 12 heavy (non-hydrogen) atoms. The second-order valence-corrected chi connectivity index (χ2v) is 2.52. The summed E-state index contributed by atoms with van der Waals surface area (Å²) in [6.07, 6.45) is 0.352. The normalized spacial score (nSPS) is 8.83. The van der Waals surface area contributed by atoms with E-state index in [2.05, 4.69) is 17.5 Å². The van der Waals surface area contributed by atoms with E-state index in [4.69, 9.17) is 5.73 Å². The number of thiocarbonyl (C=S) groups is 1. The van der Waals surface area contributed by atoms with Crippen molar-refractivity contribution in [3.8, 4) is 0 Å². The van der Waals surface area contributed by atoms with Crippen LogP contribution in [0.2, 0.25) is 0 Å². The Morgan fingerprint density at radius 2 is 2.33 bits per heavy atom. The largest absolute Gasteiger partial charge is 3.00 e. The monoisotopic (exact) mass is 265 g/mol. The zero-order valence-corrected chi connectivity index (χ0v) is 10.4. The predicted molar refractivity (Wildman–Crippen MR) is 45.3 cm³/mol. The first-order valence-corrected chi connectivity index (χ1v) is 3.44. The van der Waals surface area contributed by atoms with E-state index in [-0.39, 0.29) is 49.3 Å². The minimum absolute atomic E-state index is 0. The molecule has 0 bridgehead atoms. The molecule has 0 aromatic heterocycles. The average molecular weight is 265 g/mol. The van der Waals surface area contributed by atoms with Crippen molar-refractivity contribution in [1.29, 1.82) is 0 Å². The molecule has 0 saturated heterocycles. The van der Waals surface area contributed by atoms with E-state index in [0.29, 0.717) is 12.5 Å². The summed E-state index contributed by atoms with van der Waals surface area (Å²) in [5.41, 5.74) is 5.13.